The molecule has 0 bridgehead atoms. The maximum Gasteiger partial charge on any atom is 0.276 e. The minimum absolute atomic E-state index is 0.0875. The predicted octanol–water partition coefficient (Wildman–Crippen LogP) is 4.96. The van der Waals surface area contributed by atoms with Crippen LogP contribution in [0.25, 0.3) is 33.4 Å². The van der Waals surface area contributed by atoms with Gasteiger partial charge in [0, 0.05) is 29.9 Å². The van der Waals surface area contributed by atoms with Crippen LogP contribution in [0.5, 0.6) is 5.75 Å². The average molecular weight is 404 g/mol. The highest BCUT2D eigenvalue weighted by Crippen LogP contribution is 2.39. The Bertz CT molecular complexity index is 1220. The molecule has 5 rings (SSSR count). The molecule has 3 heterocycles. The van der Waals surface area contributed by atoms with E-state index in [1.807, 2.05) is 25.3 Å². The number of benzene rings is 1. The van der Waals surface area contributed by atoms with Crippen molar-refractivity contribution in [3.05, 3.63) is 47.9 Å². The number of hydrogen-bond donors (Lipinski definition) is 1. The van der Waals surface area contributed by atoms with E-state index in [4.69, 9.17) is 14.0 Å². The number of H-pyrrole nitrogens is 1. The number of hydrogen-bond acceptors (Lipinski definition) is 6. The Hall–Kier alpha value is -3.19. The lowest BCUT2D eigenvalue weighted by molar-refractivity contribution is 0.186. The molecule has 0 saturated carbocycles. The van der Waals surface area contributed by atoms with Crippen molar-refractivity contribution >= 4 is 21.8 Å². The van der Waals surface area contributed by atoms with Gasteiger partial charge in [-0.2, -0.15) is 4.98 Å². The van der Waals surface area contributed by atoms with Gasteiger partial charge < -0.3 is 19.0 Å². The van der Waals surface area contributed by atoms with Crippen molar-refractivity contribution in [2.24, 2.45) is 0 Å². The molecule has 154 valence electrons. The molecule has 1 aliphatic rings. The zero-order chi connectivity index (χ0) is 20.5. The van der Waals surface area contributed by atoms with Crippen LogP contribution in [0.15, 0.2) is 41.1 Å². The van der Waals surface area contributed by atoms with Crippen LogP contribution >= 0.6 is 0 Å². The van der Waals surface area contributed by atoms with Gasteiger partial charge in [-0.05, 0) is 37.5 Å². The number of fused-ring (bicyclic) bond motifs is 3. The summed E-state index contributed by atoms with van der Waals surface area (Å²) in [5.74, 6) is 1.91. The second-order valence-corrected chi connectivity index (χ2v) is 7.50. The van der Waals surface area contributed by atoms with Gasteiger partial charge in [-0.1, -0.05) is 24.2 Å². The summed E-state index contributed by atoms with van der Waals surface area (Å²) in [6, 6.07) is 6.09. The van der Waals surface area contributed by atoms with E-state index in [-0.39, 0.29) is 6.10 Å². The minimum atomic E-state index is 0.0875. The van der Waals surface area contributed by atoms with Crippen molar-refractivity contribution < 1.29 is 14.0 Å². The Kier molecular flexibility index (Phi) is 4.96. The first kappa shape index (κ1) is 18.8. The van der Waals surface area contributed by atoms with E-state index in [0.717, 1.165) is 52.4 Å². The van der Waals surface area contributed by atoms with E-state index < -0.39 is 0 Å². The number of rotatable bonds is 6. The first-order valence-corrected chi connectivity index (χ1v) is 10.4. The molecule has 0 fully saturated rings. The quantitative estimate of drug-likeness (QED) is 0.457. The van der Waals surface area contributed by atoms with Crippen LogP contribution in [0.4, 0.5) is 0 Å². The normalized spacial score (nSPS) is 16.5. The standard InChI is InChI=1S/C23H24N4O3/c1-3-19-26-23(30-27-19)22-15(13-28-2)20-17(12-24-22)25-16-10-7-11-18(21(16)20)29-14-8-5-4-6-9-14/h5,7-8,10-12,14,25H,3-4,6,9,13H2,1-2H3. The monoisotopic (exact) mass is 404 g/mol. The predicted molar refractivity (Wildman–Crippen MR) is 114 cm³/mol. The summed E-state index contributed by atoms with van der Waals surface area (Å²) < 4.78 is 17.4. The van der Waals surface area contributed by atoms with Gasteiger partial charge in [-0.25, -0.2) is 4.98 Å². The van der Waals surface area contributed by atoms with Gasteiger partial charge in [0.1, 0.15) is 17.5 Å². The molecule has 0 amide bonds. The van der Waals surface area contributed by atoms with E-state index in [9.17, 15) is 0 Å². The molecule has 4 aromatic rings. The molecule has 1 N–H and O–H groups in total. The largest absolute Gasteiger partial charge is 0.486 e. The van der Waals surface area contributed by atoms with Crippen molar-refractivity contribution in [3.8, 4) is 17.3 Å². The van der Waals surface area contributed by atoms with Crippen LogP contribution in [0.2, 0.25) is 0 Å². The zero-order valence-electron chi connectivity index (χ0n) is 17.1. The third kappa shape index (κ3) is 3.25. The topological polar surface area (TPSA) is 86.1 Å². The second-order valence-electron chi connectivity index (χ2n) is 7.50. The molecule has 0 spiro atoms. The van der Waals surface area contributed by atoms with Gasteiger partial charge in [0.15, 0.2) is 5.82 Å². The molecule has 7 nitrogen and oxygen atoms in total. The van der Waals surface area contributed by atoms with Gasteiger partial charge >= 0.3 is 0 Å². The highest BCUT2D eigenvalue weighted by atomic mass is 16.5. The van der Waals surface area contributed by atoms with E-state index in [0.29, 0.717) is 30.4 Å². The van der Waals surface area contributed by atoms with Crippen LogP contribution in [-0.2, 0) is 17.8 Å². The highest BCUT2D eigenvalue weighted by Gasteiger charge is 2.22. The summed E-state index contributed by atoms with van der Waals surface area (Å²) in [6.45, 7) is 2.36. The van der Waals surface area contributed by atoms with Gasteiger partial charge in [0.05, 0.1) is 23.8 Å². The maximum atomic E-state index is 6.42. The van der Waals surface area contributed by atoms with Gasteiger partial charge in [0.25, 0.3) is 5.89 Å². The third-order valence-corrected chi connectivity index (χ3v) is 5.49. The van der Waals surface area contributed by atoms with E-state index in [1.54, 1.807) is 7.11 Å². The van der Waals surface area contributed by atoms with Crippen molar-refractivity contribution in [1.29, 1.82) is 0 Å². The van der Waals surface area contributed by atoms with Gasteiger partial charge in [-0.3, -0.25) is 0 Å². The Labute approximate surface area is 174 Å². The average Bonchev–Trinajstić information content (AvgIpc) is 3.40. The number of pyridine rings is 1. The molecule has 1 unspecified atom stereocenters. The molecular formula is C23H24N4O3. The Balaban J connectivity index is 1.72. The van der Waals surface area contributed by atoms with Crippen molar-refractivity contribution in [2.75, 3.05) is 7.11 Å². The van der Waals surface area contributed by atoms with Crippen LogP contribution in [-0.4, -0.2) is 33.3 Å². The molecule has 1 aromatic carbocycles. The molecule has 1 atom stereocenters. The summed E-state index contributed by atoms with van der Waals surface area (Å²) in [7, 11) is 1.67. The number of nitrogens with one attached hydrogen (secondary N) is 1. The number of aromatic nitrogens is 4. The zero-order valence-corrected chi connectivity index (χ0v) is 17.1. The fraction of sp³-hybridized carbons (Fsp3) is 0.348. The third-order valence-electron chi connectivity index (χ3n) is 5.49. The van der Waals surface area contributed by atoms with Crippen LogP contribution in [0.1, 0.15) is 37.6 Å². The summed E-state index contributed by atoms with van der Waals surface area (Å²) in [4.78, 5) is 12.6. The fourth-order valence-electron chi connectivity index (χ4n) is 4.07. The molecule has 0 saturated heterocycles. The highest BCUT2D eigenvalue weighted by molar-refractivity contribution is 6.12. The van der Waals surface area contributed by atoms with Crippen LogP contribution < -0.4 is 4.74 Å². The fourth-order valence-corrected chi connectivity index (χ4v) is 4.07. The molecule has 0 aliphatic heterocycles. The van der Waals surface area contributed by atoms with Crippen LogP contribution in [0.3, 0.4) is 0 Å². The van der Waals surface area contributed by atoms with Gasteiger partial charge in [-0.15, -0.1) is 0 Å². The lowest BCUT2D eigenvalue weighted by atomic mass is 10.0. The van der Waals surface area contributed by atoms with E-state index >= 15 is 0 Å². The number of methoxy groups -OCH3 is 1. The molecule has 0 radical (unpaired) electrons. The molecule has 3 aromatic heterocycles. The second kappa shape index (κ2) is 7.91. The summed E-state index contributed by atoms with van der Waals surface area (Å²) in [5, 5.41) is 6.07. The molecule has 7 heteroatoms. The number of allylic oxidation sites excluding steroid dienone is 1. The molecular weight excluding hydrogens is 380 g/mol. The van der Waals surface area contributed by atoms with E-state index in [1.165, 1.54) is 0 Å². The minimum Gasteiger partial charge on any atom is -0.486 e. The number of nitrogens with zero attached hydrogens (tertiary/aromatic N) is 3. The number of aryl methyl sites for hydroxylation is 1. The Morgan fingerprint density at radius 1 is 1.23 bits per heavy atom. The van der Waals surface area contributed by atoms with E-state index in [2.05, 4.69) is 38.3 Å². The van der Waals surface area contributed by atoms with Crippen LogP contribution in [0, 0.1) is 0 Å². The molecule has 1 aliphatic carbocycles. The molecule has 30 heavy (non-hydrogen) atoms. The van der Waals surface area contributed by atoms with Crippen molar-refractivity contribution in [3.63, 3.8) is 0 Å². The first-order valence-electron chi connectivity index (χ1n) is 10.4. The summed E-state index contributed by atoms with van der Waals surface area (Å²) in [5.41, 5.74) is 3.47. The summed E-state index contributed by atoms with van der Waals surface area (Å²) in [6.07, 6.45) is 10.2. The Morgan fingerprint density at radius 3 is 2.93 bits per heavy atom. The lowest BCUT2D eigenvalue weighted by Gasteiger charge is -2.19. The SMILES string of the molecule is CCc1noc(-c2ncc3[nH]c4cccc(OC5C=CCCC5)c4c3c2COC)n1. The van der Waals surface area contributed by atoms with Crippen molar-refractivity contribution in [2.45, 2.75) is 45.3 Å². The smallest absolute Gasteiger partial charge is 0.276 e. The van der Waals surface area contributed by atoms with Crippen molar-refractivity contribution in [1.82, 2.24) is 20.1 Å². The first-order chi connectivity index (χ1) is 14.8. The number of aromatic amines is 1. The lowest BCUT2D eigenvalue weighted by Crippen LogP contribution is -2.15. The Morgan fingerprint density at radius 2 is 2.17 bits per heavy atom. The maximum absolute atomic E-state index is 6.42. The summed E-state index contributed by atoms with van der Waals surface area (Å²) >= 11 is 0. The van der Waals surface area contributed by atoms with Gasteiger partial charge in [0.2, 0.25) is 0 Å². The number of ether oxygens (including phenoxy) is 2.